The highest BCUT2D eigenvalue weighted by Crippen LogP contribution is 2.31. The second kappa shape index (κ2) is 5.50. The molecule has 0 aliphatic carbocycles. The number of aryl methyl sites for hydroxylation is 3. The maximum absolute atomic E-state index is 10.8. The molecule has 20 heavy (non-hydrogen) atoms. The minimum absolute atomic E-state index is 0.0907. The molecule has 2 aromatic rings. The highest BCUT2D eigenvalue weighted by atomic mass is 35.5. The second-order valence-corrected chi connectivity index (χ2v) is 4.94. The van der Waals surface area contributed by atoms with Gasteiger partial charge in [-0.25, -0.2) is 0 Å². The Labute approximate surface area is 120 Å². The predicted molar refractivity (Wildman–Crippen MR) is 76.1 cm³/mol. The molecule has 0 saturated carbocycles. The van der Waals surface area contributed by atoms with Gasteiger partial charge in [0, 0.05) is 23.9 Å². The number of halogens is 1. The maximum Gasteiger partial charge on any atom is 0.288 e. The van der Waals surface area contributed by atoms with Crippen LogP contribution in [0, 0.1) is 30.9 Å². The predicted octanol–water partition coefficient (Wildman–Crippen LogP) is 3.77. The average molecular weight is 296 g/mol. The van der Waals surface area contributed by atoms with Crippen molar-refractivity contribution in [1.82, 2.24) is 5.16 Å². The van der Waals surface area contributed by atoms with Crippen LogP contribution in [0.2, 0.25) is 5.02 Å². The van der Waals surface area contributed by atoms with E-state index >= 15 is 0 Å². The summed E-state index contributed by atoms with van der Waals surface area (Å²) < 4.78 is 5.08. The number of nitrogens with zero attached hydrogens (tertiary/aromatic N) is 2. The summed E-state index contributed by atoms with van der Waals surface area (Å²) in [6.45, 7) is 6.02. The van der Waals surface area contributed by atoms with Crippen molar-refractivity contribution < 1.29 is 9.45 Å². The molecule has 0 aliphatic rings. The van der Waals surface area contributed by atoms with E-state index in [1.165, 1.54) is 6.07 Å². The number of anilines is 1. The van der Waals surface area contributed by atoms with E-state index in [4.69, 9.17) is 16.1 Å². The van der Waals surface area contributed by atoms with Gasteiger partial charge in [0.15, 0.2) is 0 Å². The monoisotopic (exact) mass is 295 g/mol. The van der Waals surface area contributed by atoms with Gasteiger partial charge in [-0.1, -0.05) is 16.8 Å². The zero-order valence-corrected chi connectivity index (χ0v) is 12.1. The summed E-state index contributed by atoms with van der Waals surface area (Å²) >= 11 is 5.91. The summed E-state index contributed by atoms with van der Waals surface area (Å²) in [6, 6.07) is 3.02. The first-order valence-corrected chi connectivity index (χ1v) is 6.38. The fraction of sp³-hybridized carbons (Fsp3) is 0.308. The number of hydrogen-bond donors (Lipinski definition) is 1. The van der Waals surface area contributed by atoms with Crippen LogP contribution >= 0.6 is 11.6 Å². The van der Waals surface area contributed by atoms with Crippen molar-refractivity contribution in [3.8, 4) is 0 Å². The van der Waals surface area contributed by atoms with Crippen molar-refractivity contribution in [3.05, 3.63) is 49.9 Å². The maximum atomic E-state index is 10.8. The summed E-state index contributed by atoms with van der Waals surface area (Å²) in [5.74, 6) is 0.751. The largest absolute Gasteiger partial charge is 0.380 e. The van der Waals surface area contributed by atoms with Gasteiger partial charge >= 0.3 is 0 Å². The van der Waals surface area contributed by atoms with Crippen molar-refractivity contribution in [2.24, 2.45) is 0 Å². The molecule has 0 radical (unpaired) electrons. The van der Waals surface area contributed by atoms with Crippen molar-refractivity contribution in [3.63, 3.8) is 0 Å². The minimum atomic E-state index is -0.493. The van der Waals surface area contributed by atoms with E-state index in [1.807, 2.05) is 13.8 Å². The molecule has 6 nitrogen and oxygen atoms in total. The molecular weight excluding hydrogens is 282 g/mol. The van der Waals surface area contributed by atoms with E-state index < -0.39 is 4.92 Å². The number of nitro benzene ring substituents is 1. The molecule has 0 bridgehead atoms. The van der Waals surface area contributed by atoms with Crippen LogP contribution in [-0.4, -0.2) is 10.1 Å². The fourth-order valence-corrected chi connectivity index (χ4v) is 2.17. The lowest BCUT2D eigenvalue weighted by molar-refractivity contribution is -0.384. The Hall–Kier alpha value is -2.08. The SMILES string of the molecule is Cc1cc([N+](=O)[O-])c(Cl)cc1NCc1c(C)noc1C. The van der Waals surface area contributed by atoms with Gasteiger partial charge in [0.05, 0.1) is 10.6 Å². The number of nitro groups is 1. The lowest BCUT2D eigenvalue weighted by atomic mass is 10.1. The summed E-state index contributed by atoms with van der Waals surface area (Å²) in [4.78, 5) is 10.3. The van der Waals surface area contributed by atoms with E-state index in [0.29, 0.717) is 6.54 Å². The quantitative estimate of drug-likeness (QED) is 0.686. The van der Waals surface area contributed by atoms with Crippen LogP contribution in [0.25, 0.3) is 0 Å². The molecule has 2 rings (SSSR count). The molecule has 7 heteroatoms. The molecular formula is C13H14ClN3O3. The van der Waals surface area contributed by atoms with Crippen molar-refractivity contribution in [2.45, 2.75) is 27.3 Å². The molecule has 1 aromatic carbocycles. The van der Waals surface area contributed by atoms with Gasteiger partial charge in [-0.3, -0.25) is 10.1 Å². The average Bonchev–Trinajstić information content (AvgIpc) is 2.69. The Kier molecular flexibility index (Phi) is 3.94. The lowest BCUT2D eigenvalue weighted by Gasteiger charge is -2.10. The number of aromatic nitrogens is 1. The summed E-state index contributed by atoms with van der Waals surface area (Å²) in [7, 11) is 0. The van der Waals surface area contributed by atoms with Crippen LogP contribution in [0.4, 0.5) is 11.4 Å². The molecule has 0 atom stereocenters. The van der Waals surface area contributed by atoms with Crippen LogP contribution in [-0.2, 0) is 6.54 Å². The van der Waals surface area contributed by atoms with Gasteiger partial charge in [0.2, 0.25) is 0 Å². The Bertz CT molecular complexity index is 648. The molecule has 1 aromatic heterocycles. The molecule has 0 saturated heterocycles. The third-order valence-corrected chi connectivity index (χ3v) is 3.43. The molecule has 0 fully saturated rings. The Morgan fingerprint density at radius 1 is 1.40 bits per heavy atom. The van der Waals surface area contributed by atoms with Gasteiger partial charge in [-0.2, -0.15) is 0 Å². The first-order valence-electron chi connectivity index (χ1n) is 6.00. The number of hydrogen-bond acceptors (Lipinski definition) is 5. The van der Waals surface area contributed by atoms with Crippen LogP contribution in [0.1, 0.15) is 22.6 Å². The fourth-order valence-electron chi connectivity index (χ4n) is 1.93. The van der Waals surface area contributed by atoms with E-state index in [9.17, 15) is 10.1 Å². The second-order valence-electron chi connectivity index (χ2n) is 4.53. The minimum Gasteiger partial charge on any atom is -0.380 e. The van der Waals surface area contributed by atoms with Gasteiger partial charge in [-0.15, -0.1) is 0 Å². The standard InChI is InChI=1S/C13H14ClN3O3/c1-7-4-13(17(18)19)11(14)5-12(7)15-6-10-8(2)16-20-9(10)3/h4-5,15H,6H2,1-3H3. The van der Waals surface area contributed by atoms with Gasteiger partial charge < -0.3 is 9.84 Å². The Morgan fingerprint density at radius 2 is 2.10 bits per heavy atom. The topological polar surface area (TPSA) is 81.2 Å². The van der Waals surface area contributed by atoms with E-state index in [0.717, 1.165) is 28.3 Å². The van der Waals surface area contributed by atoms with E-state index in [1.54, 1.807) is 13.0 Å². The Balaban J connectivity index is 2.23. The lowest BCUT2D eigenvalue weighted by Crippen LogP contribution is -2.03. The third-order valence-electron chi connectivity index (χ3n) is 3.13. The van der Waals surface area contributed by atoms with Crippen LogP contribution in [0.5, 0.6) is 0 Å². The van der Waals surface area contributed by atoms with Gasteiger partial charge in [0.1, 0.15) is 10.8 Å². The molecule has 0 spiro atoms. The van der Waals surface area contributed by atoms with Crippen molar-refractivity contribution in [1.29, 1.82) is 0 Å². The molecule has 0 amide bonds. The zero-order valence-electron chi connectivity index (χ0n) is 11.4. The molecule has 106 valence electrons. The highest BCUT2D eigenvalue weighted by molar-refractivity contribution is 6.33. The smallest absolute Gasteiger partial charge is 0.288 e. The number of rotatable bonds is 4. The summed E-state index contributed by atoms with van der Waals surface area (Å²) in [6.07, 6.45) is 0. The van der Waals surface area contributed by atoms with Crippen LogP contribution in [0.15, 0.2) is 16.7 Å². The van der Waals surface area contributed by atoms with Crippen LogP contribution in [0.3, 0.4) is 0 Å². The van der Waals surface area contributed by atoms with Crippen LogP contribution < -0.4 is 5.32 Å². The number of nitrogens with one attached hydrogen (secondary N) is 1. The molecule has 0 unspecified atom stereocenters. The summed E-state index contributed by atoms with van der Waals surface area (Å²) in [5.41, 5.74) is 3.21. The Morgan fingerprint density at radius 3 is 2.65 bits per heavy atom. The highest BCUT2D eigenvalue weighted by Gasteiger charge is 2.15. The van der Waals surface area contributed by atoms with E-state index in [2.05, 4.69) is 10.5 Å². The zero-order chi connectivity index (χ0) is 14.9. The molecule has 0 aliphatic heterocycles. The van der Waals surface area contributed by atoms with Gasteiger partial charge in [0.25, 0.3) is 5.69 Å². The van der Waals surface area contributed by atoms with E-state index in [-0.39, 0.29) is 10.7 Å². The van der Waals surface area contributed by atoms with Crippen molar-refractivity contribution >= 4 is 23.0 Å². The third kappa shape index (κ3) is 2.75. The number of benzene rings is 1. The molecule has 1 heterocycles. The van der Waals surface area contributed by atoms with Gasteiger partial charge in [-0.05, 0) is 32.4 Å². The first kappa shape index (κ1) is 14.3. The summed E-state index contributed by atoms with van der Waals surface area (Å²) in [5, 5.41) is 18.0. The first-order chi connectivity index (χ1) is 9.40. The van der Waals surface area contributed by atoms with Crippen molar-refractivity contribution in [2.75, 3.05) is 5.32 Å². The molecule has 1 N–H and O–H groups in total. The normalized spacial score (nSPS) is 10.6.